The van der Waals surface area contributed by atoms with Gasteiger partial charge in [0.15, 0.2) is 0 Å². The number of nitrogens with one attached hydrogen (secondary N) is 1. The molecule has 1 amide bonds. The second kappa shape index (κ2) is 6.53. The summed E-state index contributed by atoms with van der Waals surface area (Å²) in [5.74, 6) is -0.270. The highest BCUT2D eigenvalue weighted by Gasteiger charge is 2.06. The molecule has 0 spiro atoms. The Hall–Kier alpha value is -1.93. The van der Waals surface area contributed by atoms with Gasteiger partial charge in [0.1, 0.15) is 5.69 Å². The van der Waals surface area contributed by atoms with Crippen molar-refractivity contribution < 1.29 is 9.53 Å². The molecule has 0 aliphatic rings. The normalized spacial score (nSPS) is 9.50. The van der Waals surface area contributed by atoms with E-state index in [2.05, 4.69) is 10.3 Å². The Balaban J connectivity index is 2.50. The summed E-state index contributed by atoms with van der Waals surface area (Å²) in [4.78, 5) is 15.4. The van der Waals surface area contributed by atoms with E-state index in [1.807, 2.05) is 6.07 Å². The molecule has 0 saturated heterocycles. The Bertz CT molecular complexity index is 398. The molecule has 0 aliphatic heterocycles. The molecule has 1 heterocycles. The lowest BCUT2D eigenvalue weighted by Gasteiger charge is -2.03. The molecule has 1 aromatic heterocycles. The summed E-state index contributed by atoms with van der Waals surface area (Å²) in [6, 6.07) is 4.98. The van der Waals surface area contributed by atoms with Gasteiger partial charge in [-0.2, -0.15) is 5.26 Å². The van der Waals surface area contributed by atoms with Crippen LogP contribution in [0.25, 0.3) is 0 Å². The summed E-state index contributed by atoms with van der Waals surface area (Å²) in [5.41, 5.74) is 0.688. The van der Waals surface area contributed by atoms with Gasteiger partial charge in [0.25, 0.3) is 5.91 Å². The molecule has 16 heavy (non-hydrogen) atoms. The molecule has 1 N–H and O–H groups in total. The molecular formula is C11H13N3O2. The molecule has 0 unspecified atom stereocenters. The van der Waals surface area contributed by atoms with Crippen molar-refractivity contribution in [1.82, 2.24) is 10.3 Å². The van der Waals surface area contributed by atoms with Gasteiger partial charge >= 0.3 is 0 Å². The average molecular weight is 219 g/mol. The lowest BCUT2D eigenvalue weighted by Crippen LogP contribution is -2.26. The van der Waals surface area contributed by atoms with Crippen molar-refractivity contribution >= 4 is 5.91 Å². The SMILES string of the molecule is COCCCNC(=O)c1cc(C#N)ccn1. The van der Waals surface area contributed by atoms with E-state index in [1.165, 1.54) is 12.3 Å². The standard InChI is InChI=1S/C11H13N3O2/c1-16-6-2-4-14-11(15)10-7-9(8-12)3-5-13-10/h3,5,7H,2,4,6H2,1H3,(H,14,15). The quantitative estimate of drug-likeness (QED) is 0.740. The summed E-state index contributed by atoms with van der Waals surface area (Å²) in [7, 11) is 1.61. The highest BCUT2D eigenvalue weighted by atomic mass is 16.5. The van der Waals surface area contributed by atoms with Crippen molar-refractivity contribution in [2.75, 3.05) is 20.3 Å². The minimum atomic E-state index is -0.270. The van der Waals surface area contributed by atoms with E-state index in [1.54, 1.807) is 13.2 Å². The van der Waals surface area contributed by atoms with Gasteiger partial charge in [0.2, 0.25) is 0 Å². The second-order valence-corrected chi connectivity index (χ2v) is 3.14. The topological polar surface area (TPSA) is 75.0 Å². The van der Waals surface area contributed by atoms with Crippen molar-refractivity contribution in [3.63, 3.8) is 0 Å². The van der Waals surface area contributed by atoms with Crippen LogP contribution < -0.4 is 5.32 Å². The van der Waals surface area contributed by atoms with Crippen LogP contribution in [0.3, 0.4) is 0 Å². The molecule has 0 radical (unpaired) electrons. The maximum atomic E-state index is 11.6. The number of rotatable bonds is 5. The zero-order chi connectivity index (χ0) is 11.8. The van der Waals surface area contributed by atoms with Crippen LogP contribution in [0, 0.1) is 11.3 Å². The Labute approximate surface area is 94.1 Å². The number of carbonyl (C=O) groups excluding carboxylic acids is 1. The van der Waals surface area contributed by atoms with Crippen molar-refractivity contribution in [2.45, 2.75) is 6.42 Å². The van der Waals surface area contributed by atoms with Crippen LogP contribution >= 0.6 is 0 Å². The lowest BCUT2D eigenvalue weighted by atomic mass is 10.2. The molecule has 5 heteroatoms. The van der Waals surface area contributed by atoms with E-state index in [4.69, 9.17) is 10.00 Å². The summed E-state index contributed by atoms with van der Waals surface area (Å²) in [5, 5.41) is 11.4. The summed E-state index contributed by atoms with van der Waals surface area (Å²) in [6.45, 7) is 1.14. The molecule has 84 valence electrons. The van der Waals surface area contributed by atoms with Gasteiger partial charge in [0, 0.05) is 26.5 Å². The van der Waals surface area contributed by atoms with E-state index in [9.17, 15) is 4.79 Å². The van der Waals surface area contributed by atoms with E-state index >= 15 is 0 Å². The lowest BCUT2D eigenvalue weighted by molar-refractivity contribution is 0.0943. The first-order valence-corrected chi connectivity index (χ1v) is 4.91. The van der Waals surface area contributed by atoms with Crippen molar-refractivity contribution in [3.05, 3.63) is 29.6 Å². The van der Waals surface area contributed by atoms with Crippen LogP contribution in [0.1, 0.15) is 22.5 Å². The molecule has 5 nitrogen and oxygen atoms in total. The van der Waals surface area contributed by atoms with Crippen LogP contribution in [-0.4, -0.2) is 31.2 Å². The van der Waals surface area contributed by atoms with Crippen LogP contribution in [0.15, 0.2) is 18.3 Å². The fourth-order valence-electron chi connectivity index (χ4n) is 1.13. The largest absolute Gasteiger partial charge is 0.385 e. The first-order valence-electron chi connectivity index (χ1n) is 4.91. The number of carbonyl (C=O) groups is 1. The molecule has 1 aromatic rings. The van der Waals surface area contributed by atoms with E-state index < -0.39 is 0 Å². The number of nitriles is 1. The minimum Gasteiger partial charge on any atom is -0.385 e. The maximum Gasteiger partial charge on any atom is 0.269 e. The Morgan fingerprint density at radius 3 is 3.19 bits per heavy atom. The van der Waals surface area contributed by atoms with Gasteiger partial charge in [-0.1, -0.05) is 0 Å². The zero-order valence-electron chi connectivity index (χ0n) is 9.06. The molecule has 0 atom stereocenters. The summed E-state index contributed by atoms with van der Waals surface area (Å²) >= 11 is 0. The summed E-state index contributed by atoms with van der Waals surface area (Å²) in [6.07, 6.45) is 2.20. The molecule has 0 saturated carbocycles. The molecule has 0 aromatic carbocycles. The molecule has 1 rings (SSSR count). The first kappa shape index (κ1) is 12.1. The van der Waals surface area contributed by atoms with Crippen molar-refractivity contribution in [3.8, 4) is 6.07 Å². The fraction of sp³-hybridized carbons (Fsp3) is 0.364. The van der Waals surface area contributed by atoms with Crippen LogP contribution in [-0.2, 0) is 4.74 Å². The predicted octanol–water partition coefficient (Wildman–Crippen LogP) is 0.720. The summed E-state index contributed by atoms with van der Waals surface area (Å²) < 4.78 is 4.86. The van der Waals surface area contributed by atoms with Gasteiger partial charge < -0.3 is 10.1 Å². The molecule has 0 bridgehead atoms. The van der Waals surface area contributed by atoms with Crippen LogP contribution in [0.2, 0.25) is 0 Å². The number of methoxy groups -OCH3 is 1. The predicted molar refractivity (Wildman–Crippen MR) is 57.8 cm³/mol. The van der Waals surface area contributed by atoms with Gasteiger partial charge in [-0.3, -0.25) is 9.78 Å². The third kappa shape index (κ3) is 3.67. The number of pyridine rings is 1. The average Bonchev–Trinajstić information content (AvgIpc) is 2.34. The molecule has 0 fully saturated rings. The van der Waals surface area contributed by atoms with Gasteiger partial charge in [-0.05, 0) is 18.6 Å². The van der Waals surface area contributed by atoms with E-state index in [0.29, 0.717) is 18.7 Å². The fourth-order valence-corrected chi connectivity index (χ4v) is 1.13. The number of amides is 1. The number of aromatic nitrogens is 1. The number of hydrogen-bond acceptors (Lipinski definition) is 4. The Kier molecular flexibility index (Phi) is 4.96. The smallest absolute Gasteiger partial charge is 0.269 e. The zero-order valence-corrected chi connectivity index (χ0v) is 9.06. The first-order chi connectivity index (χ1) is 7.77. The van der Waals surface area contributed by atoms with Gasteiger partial charge in [-0.15, -0.1) is 0 Å². The third-order valence-corrected chi connectivity index (χ3v) is 1.93. The Morgan fingerprint density at radius 2 is 2.50 bits per heavy atom. The number of ether oxygens (including phenoxy) is 1. The van der Waals surface area contributed by atoms with Gasteiger partial charge in [-0.25, -0.2) is 0 Å². The number of hydrogen-bond donors (Lipinski definition) is 1. The molecular weight excluding hydrogens is 206 g/mol. The maximum absolute atomic E-state index is 11.6. The van der Waals surface area contributed by atoms with Crippen molar-refractivity contribution in [2.24, 2.45) is 0 Å². The van der Waals surface area contributed by atoms with E-state index in [0.717, 1.165) is 6.42 Å². The Morgan fingerprint density at radius 1 is 1.69 bits per heavy atom. The molecule has 0 aliphatic carbocycles. The monoisotopic (exact) mass is 219 g/mol. The van der Waals surface area contributed by atoms with Gasteiger partial charge in [0.05, 0.1) is 11.6 Å². The number of nitrogens with zero attached hydrogens (tertiary/aromatic N) is 2. The highest BCUT2D eigenvalue weighted by molar-refractivity contribution is 5.92. The minimum absolute atomic E-state index is 0.261. The van der Waals surface area contributed by atoms with Crippen molar-refractivity contribution in [1.29, 1.82) is 5.26 Å². The van der Waals surface area contributed by atoms with Crippen LogP contribution in [0.5, 0.6) is 0 Å². The third-order valence-electron chi connectivity index (χ3n) is 1.93. The van der Waals surface area contributed by atoms with E-state index in [-0.39, 0.29) is 11.6 Å². The highest BCUT2D eigenvalue weighted by Crippen LogP contribution is 1.99. The van der Waals surface area contributed by atoms with Crippen LogP contribution in [0.4, 0.5) is 0 Å². The second-order valence-electron chi connectivity index (χ2n) is 3.14.